The average Bonchev–Trinajstić information content (AvgIpc) is 2.74. The number of hydrogen-bond acceptors (Lipinski definition) is 2. The van der Waals surface area contributed by atoms with E-state index in [0.29, 0.717) is 12.1 Å². The van der Waals surface area contributed by atoms with Gasteiger partial charge >= 0.3 is 0 Å². The molecule has 0 unspecified atom stereocenters. The Bertz CT molecular complexity index is 1100. The van der Waals surface area contributed by atoms with E-state index in [0.717, 1.165) is 28.6 Å². The number of nitrogens with one attached hydrogen (secondary N) is 1. The highest BCUT2D eigenvalue weighted by molar-refractivity contribution is 6.07. The second kappa shape index (κ2) is 8.05. The molecule has 4 rings (SSSR count). The molecule has 0 saturated heterocycles. The number of amides is 1. The molecule has 0 saturated carbocycles. The number of nitrogens with zero attached hydrogens (tertiary/aromatic N) is 1. The Hall–Kier alpha value is -3.46. The first kappa shape index (κ1) is 17.9. The number of carbonyl (C=O) groups is 1. The number of fused-ring (bicyclic) bond motifs is 1. The normalized spacial score (nSPS) is 10.8. The Morgan fingerprint density at radius 3 is 2.39 bits per heavy atom. The Labute approximate surface area is 165 Å². The van der Waals surface area contributed by atoms with Gasteiger partial charge in [0.1, 0.15) is 0 Å². The average molecular weight is 366 g/mol. The van der Waals surface area contributed by atoms with Crippen LogP contribution < -0.4 is 5.32 Å². The molecular weight excluding hydrogens is 344 g/mol. The van der Waals surface area contributed by atoms with Crippen LogP contribution in [0.5, 0.6) is 0 Å². The molecule has 0 spiro atoms. The van der Waals surface area contributed by atoms with Crippen molar-refractivity contribution in [2.24, 2.45) is 0 Å². The number of rotatable bonds is 5. The van der Waals surface area contributed by atoms with E-state index in [2.05, 4.69) is 36.5 Å². The van der Waals surface area contributed by atoms with Crippen molar-refractivity contribution >= 4 is 16.8 Å². The maximum atomic E-state index is 12.9. The largest absolute Gasteiger partial charge is 0.352 e. The lowest BCUT2D eigenvalue weighted by Crippen LogP contribution is -2.26. The van der Waals surface area contributed by atoms with Gasteiger partial charge in [0.25, 0.3) is 5.91 Å². The van der Waals surface area contributed by atoms with E-state index < -0.39 is 0 Å². The summed E-state index contributed by atoms with van der Waals surface area (Å²) in [6.07, 6.45) is 0.806. The molecule has 0 aliphatic heterocycles. The first-order chi connectivity index (χ1) is 13.7. The number of pyridine rings is 1. The molecule has 1 heterocycles. The molecule has 1 amide bonds. The summed E-state index contributed by atoms with van der Waals surface area (Å²) in [7, 11) is 0. The highest BCUT2D eigenvalue weighted by atomic mass is 16.1. The first-order valence-corrected chi connectivity index (χ1v) is 9.50. The van der Waals surface area contributed by atoms with Crippen LogP contribution in [0.1, 0.15) is 21.5 Å². The summed E-state index contributed by atoms with van der Waals surface area (Å²) in [5, 5.41) is 3.93. The summed E-state index contributed by atoms with van der Waals surface area (Å²) in [6, 6.07) is 28.1. The van der Waals surface area contributed by atoms with E-state index in [4.69, 9.17) is 4.98 Å². The van der Waals surface area contributed by atoms with E-state index in [1.165, 1.54) is 11.1 Å². The van der Waals surface area contributed by atoms with Crippen molar-refractivity contribution in [2.45, 2.75) is 13.3 Å². The van der Waals surface area contributed by atoms with Gasteiger partial charge in [-0.05, 0) is 31.0 Å². The van der Waals surface area contributed by atoms with Crippen LogP contribution in [-0.4, -0.2) is 17.4 Å². The molecule has 0 atom stereocenters. The molecule has 28 heavy (non-hydrogen) atoms. The quantitative estimate of drug-likeness (QED) is 0.529. The first-order valence-electron chi connectivity index (χ1n) is 9.50. The SMILES string of the molecule is Cc1ccc(-c2cc(C(=O)NCCc3ccccc3)c3ccccc3n2)cc1. The van der Waals surface area contributed by atoms with Crippen LogP contribution in [0.15, 0.2) is 84.9 Å². The lowest BCUT2D eigenvalue weighted by atomic mass is 10.0. The number of aromatic nitrogens is 1. The second-order valence-corrected chi connectivity index (χ2v) is 6.93. The van der Waals surface area contributed by atoms with Gasteiger partial charge in [0.15, 0.2) is 0 Å². The van der Waals surface area contributed by atoms with Gasteiger partial charge in [-0.15, -0.1) is 0 Å². The predicted molar refractivity (Wildman–Crippen MR) is 114 cm³/mol. The van der Waals surface area contributed by atoms with E-state index in [9.17, 15) is 4.79 Å². The topological polar surface area (TPSA) is 42.0 Å². The summed E-state index contributed by atoms with van der Waals surface area (Å²) >= 11 is 0. The minimum Gasteiger partial charge on any atom is -0.352 e. The number of aryl methyl sites for hydroxylation is 1. The van der Waals surface area contributed by atoms with E-state index in [-0.39, 0.29) is 5.91 Å². The van der Waals surface area contributed by atoms with Crippen molar-refractivity contribution in [3.05, 3.63) is 102 Å². The van der Waals surface area contributed by atoms with Crippen molar-refractivity contribution in [3.8, 4) is 11.3 Å². The van der Waals surface area contributed by atoms with Crippen molar-refractivity contribution < 1.29 is 4.79 Å². The van der Waals surface area contributed by atoms with Crippen LogP contribution in [0, 0.1) is 6.92 Å². The third-order valence-corrected chi connectivity index (χ3v) is 4.85. The number of carbonyl (C=O) groups excluding carboxylic acids is 1. The van der Waals surface area contributed by atoms with Crippen LogP contribution >= 0.6 is 0 Å². The fourth-order valence-corrected chi connectivity index (χ4v) is 3.30. The van der Waals surface area contributed by atoms with Gasteiger partial charge in [-0.3, -0.25) is 4.79 Å². The Kier molecular flexibility index (Phi) is 5.16. The number of benzene rings is 3. The highest BCUT2D eigenvalue weighted by Crippen LogP contribution is 2.25. The Morgan fingerprint density at radius 1 is 0.893 bits per heavy atom. The Morgan fingerprint density at radius 2 is 1.61 bits per heavy atom. The minimum absolute atomic E-state index is 0.0668. The van der Waals surface area contributed by atoms with Gasteiger partial charge in [-0.2, -0.15) is 0 Å². The summed E-state index contributed by atoms with van der Waals surface area (Å²) in [6.45, 7) is 2.66. The molecule has 4 aromatic rings. The zero-order valence-corrected chi connectivity index (χ0v) is 15.9. The van der Waals surface area contributed by atoms with Crippen molar-refractivity contribution in [2.75, 3.05) is 6.54 Å². The van der Waals surface area contributed by atoms with Crippen molar-refractivity contribution in [1.29, 1.82) is 0 Å². The monoisotopic (exact) mass is 366 g/mol. The fourth-order valence-electron chi connectivity index (χ4n) is 3.30. The number of hydrogen-bond donors (Lipinski definition) is 1. The van der Waals surface area contributed by atoms with Crippen molar-refractivity contribution in [3.63, 3.8) is 0 Å². The molecule has 3 aromatic carbocycles. The van der Waals surface area contributed by atoms with Gasteiger partial charge in [-0.1, -0.05) is 78.4 Å². The number of para-hydroxylation sites is 1. The van der Waals surface area contributed by atoms with Gasteiger partial charge in [0, 0.05) is 17.5 Å². The van der Waals surface area contributed by atoms with Gasteiger partial charge in [0.05, 0.1) is 16.8 Å². The molecule has 0 aliphatic rings. The molecule has 3 heteroatoms. The predicted octanol–water partition coefficient (Wildman–Crippen LogP) is 5.18. The van der Waals surface area contributed by atoms with Gasteiger partial charge in [0.2, 0.25) is 0 Å². The minimum atomic E-state index is -0.0668. The van der Waals surface area contributed by atoms with Gasteiger partial charge in [-0.25, -0.2) is 4.98 Å². The van der Waals surface area contributed by atoms with Crippen LogP contribution in [0.25, 0.3) is 22.2 Å². The summed E-state index contributed by atoms with van der Waals surface area (Å²) < 4.78 is 0. The lowest BCUT2D eigenvalue weighted by molar-refractivity contribution is 0.0956. The summed E-state index contributed by atoms with van der Waals surface area (Å²) in [4.78, 5) is 17.7. The summed E-state index contributed by atoms with van der Waals surface area (Å²) in [5.41, 5.74) is 5.72. The standard InChI is InChI=1S/C25H22N2O/c1-18-11-13-20(14-12-18)24-17-22(21-9-5-6-10-23(21)27-24)25(28)26-16-15-19-7-3-2-4-8-19/h2-14,17H,15-16H2,1H3,(H,26,28). The molecule has 1 aromatic heterocycles. The van der Waals surface area contributed by atoms with Crippen LogP contribution in [0.3, 0.4) is 0 Å². The third kappa shape index (κ3) is 3.94. The molecule has 0 fully saturated rings. The van der Waals surface area contributed by atoms with Crippen LogP contribution in [0.4, 0.5) is 0 Å². The second-order valence-electron chi connectivity index (χ2n) is 6.93. The molecule has 0 aliphatic carbocycles. The molecule has 138 valence electrons. The van der Waals surface area contributed by atoms with Crippen molar-refractivity contribution in [1.82, 2.24) is 10.3 Å². The van der Waals surface area contributed by atoms with E-state index in [1.54, 1.807) is 0 Å². The maximum absolute atomic E-state index is 12.9. The molecule has 0 bridgehead atoms. The smallest absolute Gasteiger partial charge is 0.252 e. The molecule has 3 nitrogen and oxygen atoms in total. The fraction of sp³-hybridized carbons (Fsp3) is 0.120. The Balaban J connectivity index is 1.63. The molecular formula is C25H22N2O. The van der Waals surface area contributed by atoms with Crippen LogP contribution in [-0.2, 0) is 6.42 Å². The van der Waals surface area contributed by atoms with E-state index >= 15 is 0 Å². The maximum Gasteiger partial charge on any atom is 0.252 e. The van der Waals surface area contributed by atoms with Crippen LogP contribution in [0.2, 0.25) is 0 Å². The zero-order chi connectivity index (χ0) is 19.3. The molecule has 0 radical (unpaired) electrons. The highest BCUT2D eigenvalue weighted by Gasteiger charge is 2.13. The zero-order valence-electron chi connectivity index (χ0n) is 15.9. The summed E-state index contributed by atoms with van der Waals surface area (Å²) in [5.74, 6) is -0.0668. The van der Waals surface area contributed by atoms with E-state index in [1.807, 2.05) is 60.7 Å². The molecule has 1 N–H and O–H groups in total. The lowest BCUT2D eigenvalue weighted by Gasteiger charge is -2.11. The third-order valence-electron chi connectivity index (χ3n) is 4.85. The van der Waals surface area contributed by atoms with Gasteiger partial charge < -0.3 is 5.32 Å².